The summed E-state index contributed by atoms with van der Waals surface area (Å²) in [4.78, 5) is 24.0. The molecule has 0 saturated heterocycles. The predicted molar refractivity (Wildman–Crippen MR) is 116 cm³/mol. The summed E-state index contributed by atoms with van der Waals surface area (Å²) < 4.78 is 0. The number of fused-ring (bicyclic) bond motifs is 1. The van der Waals surface area contributed by atoms with Crippen molar-refractivity contribution in [1.82, 2.24) is 4.98 Å². The zero-order valence-corrected chi connectivity index (χ0v) is 16.5. The normalized spacial score (nSPS) is 11.1. The van der Waals surface area contributed by atoms with Gasteiger partial charge in [0.2, 0.25) is 0 Å². The fourth-order valence-electron chi connectivity index (χ4n) is 2.85. The molecule has 2 N–H and O–H groups in total. The van der Waals surface area contributed by atoms with Gasteiger partial charge in [-0.3, -0.25) is 9.79 Å². The summed E-state index contributed by atoms with van der Waals surface area (Å²) in [5, 5.41) is 7.43. The van der Waals surface area contributed by atoms with Gasteiger partial charge in [0.25, 0.3) is 0 Å². The van der Waals surface area contributed by atoms with Gasteiger partial charge in [-0.2, -0.15) is 0 Å². The van der Waals surface area contributed by atoms with E-state index in [1.165, 1.54) is 11.3 Å². The minimum atomic E-state index is 0.420. The van der Waals surface area contributed by atoms with Crippen molar-refractivity contribution in [2.24, 2.45) is 4.99 Å². The molecule has 0 unspecified atom stereocenters. The second-order valence-corrected chi connectivity index (χ2v) is 7.22. The molecule has 3 rings (SSSR count). The molecular formula is C20H23N5OS. The summed E-state index contributed by atoms with van der Waals surface area (Å²) in [6.07, 6.45) is 4.34. The van der Waals surface area contributed by atoms with E-state index in [1.807, 2.05) is 49.3 Å². The van der Waals surface area contributed by atoms with Gasteiger partial charge in [-0.15, -0.1) is 11.3 Å². The lowest BCUT2D eigenvalue weighted by Crippen LogP contribution is -2.09. The summed E-state index contributed by atoms with van der Waals surface area (Å²) in [5.74, 6) is 0. The third-order valence-corrected chi connectivity index (χ3v) is 5.19. The fourth-order valence-corrected chi connectivity index (χ4v) is 3.84. The van der Waals surface area contributed by atoms with Crippen LogP contribution in [0.1, 0.15) is 22.2 Å². The first-order valence-corrected chi connectivity index (χ1v) is 9.57. The molecule has 0 fully saturated rings. The van der Waals surface area contributed by atoms with Crippen molar-refractivity contribution < 1.29 is 4.79 Å². The molecule has 0 aliphatic heterocycles. The first-order valence-electron chi connectivity index (χ1n) is 8.75. The van der Waals surface area contributed by atoms with Crippen LogP contribution in [0.3, 0.4) is 0 Å². The van der Waals surface area contributed by atoms with Gasteiger partial charge in [0.15, 0.2) is 6.29 Å². The number of aromatic nitrogens is 1. The lowest BCUT2D eigenvalue weighted by Gasteiger charge is -2.14. The molecule has 2 aromatic heterocycles. The van der Waals surface area contributed by atoms with Crippen molar-refractivity contribution in [3.8, 4) is 0 Å². The number of aldehydes is 1. The number of pyridine rings is 1. The van der Waals surface area contributed by atoms with Gasteiger partial charge in [-0.05, 0) is 37.3 Å². The molecule has 7 heteroatoms. The van der Waals surface area contributed by atoms with E-state index in [1.54, 1.807) is 12.5 Å². The molecule has 3 aromatic rings. The number of benzene rings is 1. The number of anilines is 3. The van der Waals surface area contributed by atoms with Crippen LogP contribution in [0.4, 0.5) is 17.1 Å². The largest absolute Gasteiger partial charge is 0.385 e. The molecule has 27 heavy (non-hydrogen) atoms. The number of carbonyl (C=O) groups is 1. The Bertz CT molecular complexity index is 947. The molecule has 1 aromatic carbocycles. The number of hydrogen-bond donors (Lipinski definition) is 2. The zero-order chi connectivity index (χ0) is 19.2. The number of nitrogens with one attached hydrogen (secondary N) is 2. The van der Waals surface area contributed by atoms with Crippen molar-refractivity contribution in [1.29, 1.82) is 0 Å². The molecule has 6 nitrogen and oxygen atoms in total. The fraction of sp³-hybridized carbons (Fsp3) is 0.250. The lowest BCUT2D eigenvalue weighted by atomic mass is 10.1. The maximum Gasteiger partial charge on any atom is 0.160 e. The van der Waals surface area contributed by atoms with E-state index in [2.05, 4.69) is 27.5 Å². The van der Waals surface area contributed by atoms with Crippen molar-refractivity contribution in [2.75, 3.05) is 36.2 Å². The Labute approximate surface area is 163 Å². The Kier molecular flexibility index (Phi) is 6.03. The van der Waals surface area contributed by atoms with Crippen LogP contribution in [-0.4, -0.2) is 38.2 Å². The summed E-state index contributed by atoms with van der Waals surface area (Å²) >= 11 is 1.41. The van der Waals surface area contributed by atoms with Crippen molar-refractivity contribution in [3.05, 3.63) is 47.0 Å². The van der Waals surface area contributed by atoms with Crippen LogP contribution < -0.4 is 15.5 Å². The third-order valence-electron chi connectivity index (χ3n) is 4.13. The molecule has 0 saturated carbocycles. The maximum atomic E-state index is 11.5. The predicted octanol–water partition coefficient (Wildman–Crippen LogP) is 4.25. The molecule has 0 spiro atoms. The SMILES string of the molecule is CCNc1ccc(NC=NCc2c(C=O)sc3nccc(N(C)C)c23)cc1. The Morgan fingerprint density at radius 3 is 2.59 bits per heavy atom. The number of nitrogens with zero attached hydrogens (tertiary/aromatic N) is 3. The second-order valence-electron chi connectivity index (χ2n) is 6.19. The monoisotopic (exact) mass is 381 g/mol. The van der Waals surface area contributed by atoms with Crippen LogP contribution in [0.25, 0.3) is 10.2 Å². The summed E-state index contributed by atoms with van der Waals surface area (Å²) in [6, 6.07) is 9.99. The van der Waals surface area contributed by atoms with E-state index in [0.717, 1.165) is 45.7 Å². The highest BCUT2D eigenvalue weighted by molar-refractivity contribution is 7.20. The van der Waals surface area contributed by atoms with Gasteiger partial charge < -0.3 is 15.5 Å². The average molecular weight is 382 g/mol. The first kappa shape index (κ1) is 18.8. The zero-order valence-electron chi connectivity index (χ0n) is 15.7. The van der Waals surface area contributed by atoms with E-state index >= 15 is 0 Å². The Balaban J connectivity index is 1.78. The topological polar surface area (TPSA) is 69.6 Å². The van der Waals surface area contributed by atoms with Crippen molar-refractivity contribution >= 4 is 51.2 Å². The molecule has 0 amide bonds. The third kappa shape index (κ3) is 4.25. The van der Waals surface area contributed by atoms with E-state index in [-0.39, 0.29) is 0 Å². The minimum absolute atomic E-state index is 0.420. The average Bonchev–Trinajstić information content (AvgIpc) is 3.04. The highest BCUT2D eigenvalue weighted by atomic mass is 32.1. The number of thiophene rings is 1. The number of aliphatic imine (C=N–C) groups is 1. The van der Waals surface area contributed by atoms with E-state index in [0.29, 0.717) is 11.4 Å². The van der Waals surface area contributed by atoms with Crippen LogP contribution in [0.5, 0.6) is 0 Å². The Morgan fingerprint density at radius 2 is 1.93 bits per heavy atom. The molecule has 140 valence electrons. The smallest absolute Gasteiger partial charge is 0.160 e. The van der Waals surface area contributed by atoms with Crippen LogP contribution in [0.2, 0.25) is 0 Å². The van der Waals surface area contributed by atoms with Crippen molar-refractivity contribution in [3.63, 3.8) is 0 Å². The second kappa shape index (κ2) is 8.64. The van der Waals surface area contributed by atoms with Crippen LogP contribution in [0.15, 0.2) is 41.5 Å². The molecule has 0 atom stereocenters. The molecule has 0 aliphatic rings. The molecule has 0 radical (unpaired) electrons. The highest BCUT2D eigenvalue weighted by Crippen LogP contribution is 2.35. The van der Waals surface area contributed by atoms with E-state index in [9.17, 15) is 4.79 Å². The Hall–Kier alpha value is -2.93. The van der Waals surface area contributed by atoms with Gasteiger partial charge in [0, 0.05) is 54.8 Å². The van der Waals surface area contributed by atoms with E-state index in [4.69, 9.17) is 0 Å². The first-order chi connectivity index (χ1) is 13.1. The lowest BCUT2D eigenvalue weighted by molar-refractivity contribution is 0.112. The van der Waals surface area contributed by atoms with Crippen LogP contribution in [-0.2, 0) is 6.54 Å². The molecule has 0 bridgehead atoms. The van der Waals surface area contributed by atoms with Crippen LogP contribution >= 0.6 is 11.3 Å². The highest BCUT2D eigenvalue weighted by Gasteiger charge is 2.16. The summed E-state index contributed by atoms with van der Waals surface area (Å²) in [6.45, 7) is 3.38. The minimum Gasteiger partial charge on any atom is -0.385 e. The van der Waals surface area contributed by atoms with Gasteiger partial charge in [-0.1, -0.05) is 0 Å². The molecule has 0 aliphatic carbocycles. The van der Waals surface area contributed by atoms with Gasteiger partial charge >= 0.3 is 0 Å². The Morgan fingerprint density at radius 1 is 1.19 bits per heavy atom. The van der Waals surface area contributed by atoms with Gasteiger partial charge in [-0.25, -0.2) is 4.98 Å². The molecule has 2 heterocycles. The van der Waals surface area contributed by atoms with Crippen molar-refractivity contribution in [2.45, 2.75) is 13.5 Å². The number of hydrogen-bond acceptors (Lipinski definition) is 6. The molecular weight excluding hydrogens is 358 g/mol. The van der Waals surface area contributed by atoms with Gasteiger partial charge in [0.05, 0.1) is 17.8 Å². The summed E-state index contributed by atoms with van der Waals surface area (Å²) in [7, 11) is 3.97. The number of carbonyl (C=O) groups excluding carboxylic acids is 1. The van der Waals surface area contributed by atoms with Gasteiger partial charge in [0.1, 0.15) is 4.83 Å². The maximum absolute atomic E-state index is 11.5. The van der Waals surface area contributed by atoms with E-state index < -0.39 is 0 Å². The standard InChI is InChI=1S/C20H23N5OS/c1-4-22-14-5-7-15(8-6-14)24-13-21-11-16-18(12-26)27-20-19(16)17(25(2)3)9-10-23-20/h5-10,12-13,22H,4,11H2,1-3H3,(H,21,24). The number of rotatable bonds is 8. The van der Waals surface area contributed by atoms with Crippen LogP contribution in [0, 0.1) is 0 Å². The quantitative estimate of drug-likeness (QED) is 0.347. The summed E-state index contributed by atoms with van der Waals surface area (Å²) in [5.41, 5.74) is 4.01.